The zero-order chi connectivity index (χ0) is 9.97. The number of amides is 1. The SMILES string of the molecule is CCN1C(=O)CNCc2ccccc21. The van der Waals surface area contributed by atoms with Crippen LogP contribution >= 0.6 is 0 Å². The molecule has 1 aliphatic rings. The third kappa shape index (κ3) is 1.51. The molecule has 2 rings (SSSR count). The molecule has 0 unspecified atom stereocenters. The number of carbonyl (C=O) groups excluding carboxylic acids is 1. The molecule has 0 saturated carbocycles. The molecule has 14 heavy (non-hydrogen) atoms. The molecule has 0 fully saturated rings. The van der Waals surface area contributed by atoms with E-state index in [0.29, 0.717) is 6.54 Å². The molecule has 0 spiro atoms. The summed E-state index contributed by atoms with van der Waals surface area (Å²) in [4.78, 5) is 13.5. The summed E-state index contributed by atoms with van der Waals surface area (Å²) in [7, 11) is 0. The number of hydrogen-bond donors (Lipinski definition) is 1. The van der Waals surface area contributed by atoms with Gasteiger partial charge in [0.15, 0.2) is 0 Å². The average molecular weight is 190 g/mol. The molecule has 1 N–H and O–H groups in total. The zero-order valence-corrected chi connectivity index (χ0v) is 8.29. The molecule has 1 aromatic rings. The van der Waals surface area contributed by atoms with E-state index < -0.39 is 0 Å². The van der Waals surface area contributed by atoms with Gasteiger partial charge in [-0.1, -0.05) is 18.2 Å². The number of anilines is 1. The molecule has 1 aromatic carbocycles. The minimum atomic E-state index is 0.150. The molecule has 0 radical (unpaired) electrons. The number of nitrogens with one attached hydrogen (secondary N) is 1. The average Bonchev–Trinajstić information content (AvgIpc) is 2.36. The topological polar surface area (TPSA) is 32.3 Å². The molecule has 3 nitrogen and oxygen atoms in total. The van der Waals surface area contributed by atoms with E-state index in [1.165, 1.54) is 5.56 Å². The van der Waals surface area contributed by atoms with E-state index in [0.717, 1.165) is 18.8 Å². The van der Waals surface area contributed by atoms with Crippen molar-refractivity contribution >= 4 is 11.6 Å². The predicted molar refractivity (Wildman–Crippen MR) is 56.2 cm³/mol. The Balaban J connectivity index is 2.44. The van der Waals surface area contributed by atoms with Crippen LogP contribution in [0.3, 0.4) is 0 Å². The first-order valence-corrected chi connectivity index (χ1v) is 4.92. The zero-order valence-electron chi connectivity index (χ0n) is 8.29. The van der Waals surface area contributed by atoms with Crippen molar-refractivity contribution in [3.8, 4) is 0 Å². The summed E-state index contributed by atoms with van der Waals surface area (Å²) < 4.78 is 0. The first kappa shape index (κ1) is 9.21. The van der Waals surface area contributed by atoms with E-state index in [4.69, 9.17) is 0 Å². The number of para-hydroxylation sites is 1. The van der Waals surface area contributed by atoms with Crippen LogP contribution in [0.1, 0.15) is 12.5 Å². The van der Waals surface area contributed by atoms with Crippen LogP contribution in [0, 0.1) is 0 Å². The van der Waals surface area contributed by atoms with Gasteiger partial charge in [0, 0.05) is 18.8 Å². The van der Waals surface area contributed by atoms with Crippen molar-refractivity contribution in [3.63, 3.8) is 0 Å². The molecule has 0 saturated heterocycles. The van der Waals surface area contributed by atoms with Gasteiger partial charge in [-0.05, 0) is 18.6 Å². The Morgan fingerprint density at radius 3 is 2.93 bits per heavy atom. The minimum absolute atomic E-state index is 0.150. The van der Waals surface area contributed by atoms with Crippen LogP contribution in [0.5, 0.6) is 0 Å². The number of nitrogens with zero attached hydrogens (tertiary/aromatic N) is 1. The molecule has 3 heteroatoms. The Morgan fingerprint density at radius 1 is 1.36 bits per heavy atom. The molecule has 0 bridgehead atoms. The summed E-state index contributed by atoms with van der Waals surface area (Å²) in [5, 5.41) is 3.13. The van der Waals surface area contributed by atoms with E-state index in [9.17, 15) is 4.79 Å². The highest BCUT2D eigenvalue weighted by molar-refractivity contribution is 5.96. The van der Waals surface area contributed by atoms with Crippen molar-refractivity contribution in [1.29, 1.82) is 0 Å². The van der Waals surface area contributed by atoms with Gasteiger partial charge in [0.25, 0.3) is 0 Å². The highest BCUT2D eigenvalue weighted by Crippen LogP contribution is 2.21. The Hall–Kier alpha value is -1.35. The van der Waals surface area contributed by atoms with Gasteiger partial charge in [-0.15, -0.1) is 0 Å². The quantitative estimate of drug-likeness (QED) is 0.720. The Kier molecular flexibility index (Phi) is 2.50. The van der Waals surface area contributed by atoms with Crippen LogP contribution in [-0.2, 0) is 11.3 Å². The Labute approximate surface area is 83.7 Å². The second kappa shape index (κ2) is 3.80. The largest absolute Gasteiger partial charge is 0.311 e. The van der Waals surface area contributed by atoms with E-state index in [-0.39, 0.29) is 5.91 Å². The monoisotopic (exact) mass is 190 g/mol. The van der Waals surface area contributed by atoms with Crippen molar-refractivity contribution in [2.45, 2.75) is 13.5 Å². The lowest BCUT2D eigenvalue weighted by Crippen LogP contribution is -2.35. The van der Waals surface area contributed by atoms with Gasteiger partial charge in [-0.25, -0.2) is 0 Å². The lowest BCUT2D eigenvalue weighted by molar-refractivity contribution is -0.117. The maximum absolute atomic E-state index is 11.7. The molecule has 0 aliphatic carbocycles. The fourth-order valence-corrected chi connectivity index (χ4v) is 1.80. The third-order valence-corrected chi connectivity index (χ3v) is 2.49. The van der Waals surface area contributed by atoms with Crippen molar-refractivity contribution in [3.05, 3.63) is 29.8 Å². The standard InChI is InChI=1S/C11H14N2O/c1-2-13-10-6-4-3-5-9(10)7-12-8-11(13)14/h3-6,12H,2,7-8H2,1H3. The summed E-state index contributed by atoms with van der Waals surface area (Å²) >= 11 is 0. The number of benzene rings is 1. The predicted octanol–water partition coefficient (Wildman–Crippen LogP) is 1.14. The third-order valence-electron chi connectivity index (χ3n) is 2.49. The highest BCUT2D eigenvalue weighted by atomic mass is 16.2. The van der Waals surface area contributed by atoms with Crippen molar-refractivity contribution in [2.24, 2.45) is 0 Å². The van der Waals surface area contributed by atoms with E-state index in [2.05, 4.69) is 11.4 Å². The van der Waals surface area contributed by atoms with Gasteiger partial charge >= 0.3 is 0 Å². The summed E-state index contributed by atoms with van der Waals surface area (Å²) in [5.41, 5.74) is 2.24. The van der Waals surface area contributed by atoms with Gasteiger partial charge in [-0.3, -0.25) is 4.79 Å². The minimum Gasteiger partial charge on any atom is -0.311 e. The van der Waals surface area contributed by atoms with Gasteiger partial charge in [-0.2, -0.15) is 0 Å². The maximum Gasteiger partial charge on any atom is 0.240 e. The highest BCUT2D eigenvalue weighted by Gasteiger charge is 2.19. The van der Waals surface area contributed by atoms with Gasteiger partial charge in [0.05, 0.1) is 6.54 Å². The van der Waals surface area contributed by atoms with Gasteiger partial charge in [0.2, 0.25) is 5.91 Å². The second-order valence-corrected chi connectivity index (χ2v) is 3.37. The van der Waals surface area contributed by atoms with Crippen LogP contribution < -0.4 is 10.2 Å². The van der Waals surface area contributed by atoms with Crippen molar-refractivity contribution in [1.82, 2.24) is 5.32 Å². The number of carbonyl (C=O) groups is 1. The molecule has 1 aliphatic heterocycles. The van der Waals surface area contributed by atoms with Gasteiger partial charge < -0.3 is 10.2 Å². The molecule has 0 aromatic heterocycles. The lowest BCUT2D eigenvalue weighted by atomic mass is 10.1. The first-order valence-electron chi connectivity index (χ1n) is 4.92. The van der Waals surface area contributed by atoms with Crippen LogP contribution in [0.25, 0.3) is 0 Å². The second-order valence-electron chi connectivity index (χ2n) is 3.37. The molecule has 74 valence electrons. The van der Waals surface area contributed by atoms with Crippen molar-refractivity contribution < 1.29 is 4.79 Å². The summed E-state index contributed by atoms with van der Waals surface area (Å²) in [6.07, 6.45) is 0. The fraction of sp³-hybridized carbons (Fsp3) is 0.364. The van der Waals surface area contributed by atoms with Crippen LogP contribution in [0.15, 0.2) is 24.3 Å². The van der Waals surface area contributed by atoms with Crippen molar-refractivity contribution in [2.75, 3.05) is 18.0 Å². The molecule has 1 amide bonds. The molecule has 1 heterocycles. The summed E-state index contributed by atoms with van der Waals surface area (Å²) in [6.45, 7) is 3.94. The van der Waals surface area contributed by atoms with E-state index in [1.54, 1.807) is 0 Å². The number of fused-ring (bicyclic) bond motifs is 1. The summed E-state index contributed by atoms with van der Waals surface area (Å²) in [6, 6.07) is 8.04. The Morgan fingerprint density at radius 2 is 2.14 bits per heavy atom. The van der Waals surface area contributed by atoms with E-state index >= 15 is 0 Å². The maximum atomic E-state index is 11.7. The molecule has 0 atom stereocenters. The number of likely N-dealkylation sites (N-methyl/N-ethyl adjacent to an activating group) is 1. The summed E-state index contributed by atoms with van der Waals surface area (Å²) in [5.74, 6) is 0.150. The smallest absolute Gasteiger partial charge is 0.240 e. The molecular formula is C11H14N2O. The number of rotatable bonds is 1. The van der Waals surface area contributed by atoms with Crippen LogP contribution in [-0.4, -0.2) is 19.0 Å². The molecular weight excluding hydrogens is 176 g/mol. The van der Waals surface area contributed by atoms with Gasteiger partial charge in [0.1, 0.15) is 0 Å². The van der Waals surface area contributed by atoms with Crippen LogP contribution in [0.2, 0.25) is 0 Å². The normalized spacial score (nSPS) is 16.4. The van der Waals surface area contributed by atoms with Crippen LogP contribution in [0.4, 0.5) is 5.69 Å². The Bertz CT molecular complexity index is 349. The fourth-order valence-electron chi connectivity index (χ4n) is 1.80. The lowest BCUT2D eigenvalue weighted by Gasteiger charge is -2.20. The van der Waals surface area contributed by atoms with E-state index in [1.807, 2.05) is 30.0 Å². The number of hydrogen-bond acceptors (Lipinski definition) is 2. The first-order chi connectivity index (χ1) is 6.83.